The molecule has 0 aliphatic heterocycles. The number of benzene rings is 1. The predicted octanol–water partition coefficient (Wildman–Crippen LogP) is 4.96. The first kappa shape index (κ1) is 16.3. The summed E-state index contributed by atoms with van der Waals surface area (Å²) in [7, 11) is 2.11. The van der Waals surface area contributed by atoms with Gasteiger partial charge in [0.05, 0.1) is 0 Å². The average Bonchev–Trinajstić information content (AvgIpc) is 2.79. The van der Waals surface area contributed by atoms with Crippen molar-refractivity contribution in [1.29, 1.82) is 0 Å². The maximum Gasteiger partial charge on any atom is 0.112 e. The molecule has 0 N–H and O–H groups in total. The summed E-state index contributed by atoms with van der Waals surface area (Å²) in [5, 5.41) is 0. The Hall–Kier alpha value is -1.09. The first-order valence-electron chi connectivity index (χ1n) is 7.49. The molecule has 0 atom stereocenters. The lowest BCUT2D eigenvalue weighted by atomic mass is 9.85. The lowest BCUT2D eigenvalue weighted by Crippen LogP contribution is -2.16. The van der Waals surface area contributed by atoms with E-state index in [1.54, 1.807) is 0 Å². The Labute approximate surface area is 136 Å². The van der Waals surface area contributed by atoms with Gasteiger partial charge in [-0.05, 0) is 36.0 Å². The molecule has 0 aliphatic rings. The van der Waals surface area contributed by atoms with Crippen molar-refractivity contribution in [2.45, 2.75) is 40.0 Å². The van der Waals surface area contributed by atoms with Gasteiger partial charge >= 0.3 is 0 Å². The molecule has 113 valence electrons. The second kappa shape index (κ2) is 6.78. The highest BCUT2D eigenvalue weighted by Crippen LogP contribution is 2.25. The van der Waals surface area contributed by atoms with E-state index in [1.807, 2.05) is 6.20 Å². The minimum Gasteiger partial charge on any atom is -0.335 e. The molecule has 21 heavy (non-hydrogen) atoms. The Bertz CT molecular complexity index is 582. The van der Waals surface area contributed by atoms with E-state index in [4.69, 9.17) is 0 Å². The van der Waals surface area contributed by atoms with E-state index in [0.29, 0.717) is 5.41 Å². The highest BCUT2D eigenvalue weighted by molar-refractivity contribution is 9.10. The Morgan fingerprint density at radius 3 is 2.52 bits per heavy atom. The fourth-order valence-corrected chi connectivity index (χ4v) is 2.52. The van der Waals surface area contributed by atoms with Gasteiger partial charge in [0.2, 0.25) is 0 Å². The van der Waals surface area contributed by atoms with Crippen LogP contribution in [0.15, 0.2) is 34.9 Å². The van der Waals surface area contributed by atoms with Crippen LogP contribution < -0.4 is 0 Å². The fourth-order valence-electron chi connectivity index (χ4n) is 2.26. The maximum absolute atomic E-state index is 4.56. The summed E-state index contributed by atoms with van der Waals surface area (Å²) in [4.78, 5) is 4.56. The van der Waals surface area contributed by atoms with Gasteiger partial charge in [0.25, 0.3) is 0 Å². The van der Waals surface area contributed by atoms with E-state index in [0.717, 1.165) is 23.1 Å². The second-order valence-electron chi connectivity index (χ2n) is 6.40. The van der Waals surface area contributed by atoms with Crippen LogP contribution in [-0.2, 0) is 19.9 Å². The SMILES string of the molecule is CCC(C)(C)Cc1cnc([CH]Cc2ccc(Br)cc2)n1C. The number of nitrogens with zero attached hydrogens (tertiary/aromatic N) is 2. The molecule has 0 unspecified atom stereocenters. The molecule has 1 radical (unpaired) electrons. The van der Waals surface area contributed by atoms with Crippen LogP contribution in [0.1, 0.15) is 44.3 Å². The standard InChI is InChI=1S/C18H24BrN2/c1-5-18(2,3)12-16-13-20-17(21(16)4)11-8-14-6-9-15(19)10-7-14/h6-7,9-11,13H,5,8,12H2,1-4H3. The van der Waals surface area contributed by atoms with Crippen LogP contribution in [0.4, 0.5) is 0 Å². The molecule has 2 aromatic rings. The van der Waals surface area contributed by atoms with Gasteiger partial charge in [0.15, 0.2) is 0 Å². The van der Waals surface area contributed by atoms with Crippen molar-refractivity contribution < 1.29 is 0 Å². The van der Waals surface area contributed by atoms with Gasteiger partial charge in [-0.1, -0.05) is 55.3 Å². The molecule has 1 aromatic carbocycles. The summed E-state index contributed by atoms with van der Waals surface area (Å²) >= 11 is 3.46. The Morgan fingerprint density at radius 2 is 1.90 bits per heavy atom. The van der Waals surface area contributed by atoms with E-state index in [2.05, 4.69) is 84.0 Å². The summed E-state index contributed by atoms with van der Waals surface area (Å²) in [6.07, 6.45) is 7.38. The fraction of sp³-hybridized carbons (Fsp3) is 0.444. The number of hydrogen-bond acceptors (Lipinski definition) is 1. The van der Waals surface area contributed by atoms with Crippen molar-refractivity contribution in [2.75, 3.05) is 0 Å². The Kier molecular flexibility index (Phi) is 5.26. The van der Waals surface area contributed by atoms with Gasteiger partial charge in [-0.15, -0.1) is 0 Å². The highest BCUT2D eigenvalue weighted by Gasteiger charge is 2.18. The van der Waals surface area contributed by atoms with Gasteiger partial charge in [-0.25, -0.2) is 4.98 Å². The zero-order valence-electron chi connectivity index (χ0n) is 13.4. The minimum atomic E-state index is 0.330. The molecule has 2 rings (SSSR count). The van der Waals surface area contributed by atoms with Crippen LogP contribution in [-0.4, -0.2) is 9.55 Å². The topological polar surface area (TPSA) is 17.8 Å². The van der Waals surface area contributed by atoms with E-state index in [1.165, 1.54) is 17.7 Å². The first-order valence-corrected chi connectivity index (χ1v) is 8.29. The molecule has 0 bridgehead atoms. The molecule has 2 nitrogen and oxygen atoms in total. The van der Waals surface area contributed by atoms with Crippen LogP contribution >= 0.6 is 15.9 Å². The summed E-state index contributed by atoms with van der Waals surface area (Å²) in [5.74, 6) is 1.06. The van der Waals surface area contributed by atoms with Crippen LogP contribution in [0.5, 0.6) is 0 Å². The third kappa shape index (κ3) is 4.44. The van der Waals surface area contributed by atoms with Gasteiger partial charge in [0, 0.05) is 29.8 Å². The molecular weight excluding hydrogens is 324 g/mol. The van der Waals surface area contributed by atoms with E-state index in [9.17, 15) is 0 Å². The lowest BCUT2D eigenvalue weighted by molar-refractivity contribution is 0.342. The van der Waals surface area contributed by atoms with E-state index in [-0.39, 0.29) is 0 Å². The third-order valence-corrected chi connectivity index (χ3v) is 4.70. The second-order valence-corrected chi connectivity index (χ2v) is 7.31. The number of aromatic nitrogens is 2. The molecule has 0 fully saturated rings. The summed E-state index contributed by atoms with van der Waals surface area (Å²) in [5.41, 5.74) is 2.94. The van der Waals surface area contributed by atoms with Crippen molar-refractivity contribution in [2.24, 2.45) is 12.5 Å². The normalized spacial score (nSPS) is 11.9. The van der Waals surface area contributed by atoms with Crippen molar-refractivity contribution in [1.82, 2.24) is 9.55 Å². The number of halogens is 1. The molecule has 0 amide bonds. The number of hydrogen-bond donors (Lipinski definition) is 0. The quantitative estimate of drug-likeness (QED) is 0.722. The van der Waals surface area contributed by atoms with Gasteiger partial charge in [0.1, 0.15) is 5.82 Å². The summed E-state index contributed by atoms with van der Waals surface area (Å²) < 4.78 is 3.34. The molecule has 0 spiro atoms. The van der Waals surface area contributed by atoms with Gasteiger partial charge in [-0.2, -0.15) is 0 Å². The van der Waals surface area contributed by atoms with Crippen molar-refractivity contribution in [3.63, 3.8) is 0 Å². The maximum atomic E-state index is 4.56. The molecule has 1 heterocycles. The summed E-state index contributed by atoms with van der Waals surface area (Å²) in [6.45, 7) is 6.87. The van der Waals surface area contributed by atoms with Crippen molar-refractivity contribution in [3.05, 3.63) is 58.4 Å². The molecule has 0 saturated heterocycles. The van der Waals surface area contributed by atoms with Gasteiger partial charge in [-0.3, -0.25) is 0 Å². The molecule has 0 saturated carbocycles. The molecule has 0 aliphatic carbocycles. The molecular formula is C18H24BrN2. The highest BCUT2D eigenvalue weighted by atomic mass is 79.9. The third-order valence-electron chi connectivity index (χ3n) is 4.17. The van der Waals surface area contributed by atoms with E-state index < -0.39 is 0 Å². The first-order chi connectivity index (χ1) is 9.91. The predicted molar refractivity (Wildman–Crippen MR) is 92.2 cm³/mol. The van der Waals surface area contributed by atoms with E-state index >= 15 is 0 Å². The van der Waals surface area contributed by atoms with Crippen molar-refractivity contribution >= 4 is 15.9 Å². The number of rotatable bonds is 6. The smallest absolute Gasteiger partial charge is 0.112 e. The summed E-state index contributed by atoms with van der Waals surface area (Å²) in [6, 6.07) is 8.45. The van der Waals surface area contributed by atoms with Crippen LogP contribution in [0.25, 0.3) is 0 Å². The largest absolute Gasteiger partial charge is 0.335 e. The number of imidazole rings is 1. The van der Waals surface area contributed by atoms with Crippen LogP contribution in [0.3, 0.4) is 0 Å². The van der Waals surface area contributed by atoms with Crippen molar-refractivity contribution in [3.8, 4) is 0 Å². The van der Waals surface area contributed by atoms with Gasteiger partial charge < -0.3 is 4.57 Å². The monoisotopic (exact) mass is 347 g/mol. The lowest BCUT2D eigenvalue weighted by Gasteiger charge is -2.22. The molecule has 3 heteroatoms. The minimum absolute atomic E-state index is 0.330. The Balaban J connectivity index is 2.01. The zero-order valence-corrected chi connectivity index (χ0v) is 14.9. The molecule has 1 aromatic heterocycles. The Morgan fingerprint density at radius 1 is 1.24 bits per heavy atom. The average molecular weight is 348 g/mol. The zero-order chi connectivity index (χ0) is 15.5. The van der Waals surface area contributed by atoms with Crippen LogP contribution in [0, 0.1) is 11.8 Å². The van der Waals surface area contributed by atoms with Crippen LogP contribution in [0.2, 0.25) is 0 Å².